The SMILES string of the molecule is O=C(Cc1c(Cl)cccc1Cl)N1CCOc2ccccc21. The lowest BCUT2D eigenvalue weighted by Gasteiger charge is -2.29. The van der Waals surface area contributed by atoms with Crippen LogP contribution in [0.2, 0.25) is 10.0 Å². The van der Waals surface area contributed by atoms with Crippen LogP contribution in [0.3, 0.4) is 0 Å². The fourth-order valence-corrected chi connectivity index (χ4v) is 2.91. The summed E-state index contributed by atoms with van der Waals surface area (Å²) in [5, 5.41) is 1.02. The van der Waals surface area contributed by atoms with Crippen molar-refractivity contribution >= 4 is 34.8 Å². The van der Waals surface area contributed by atoms with Crippen molar-refractivity contribution < 1.29 is 9.53 Å². The zero-order valence-electron chi connectivity index (χ0n) is 11.2. The minimum Gasteiger partial charge on any atom is -0.490 e. The Hall–Kier alpha value is -1.71. The molecule has 0 aromatic heterocycles. The molecule has 1 aliphatic heterocycles. The molecule has 1 heterocycles. The van der Waals surface area contributed by atoms with Gasteiger partial charge in [0.05, 0.1) is 18.7 Å². The van der Waals surface area contributed by atoms with Crippen molar-refractivity contribution in [1.29, 1.82) is 0 Å². The molecule has 0 unspecified atom stereocenters. The molecule has 108 valence electrons. The quantitative estimate of drug-likeness (QED) is 0.837. The van der Waals surface area contributed by atoms with Crippen LogP contribution in [0.1, 0.15) is 5.56 Å². The van der Waals surface area contributed by atoms with Crippen molar-refractivity contribution in [2.75, 3.05) is 18.1 Å². The smallest absolute Gasteiger partial charge is 0.231 e. The van der Waals surface area contributed by atoms with Crippen molar-refractivity contribution in [2.45, 2.75) is 6.42 Å². The molecule has 0 aliphatic carbocycles. The Balaban J connectivity index is 1.87. The topological polar surface area (TPSA) is 29.5 Å². The van der Waals surface area contributed by atoms with Gasteiger partial charge in [-0.2, -0.15) is 0 Å². The van der Waals surface area contributed by atoms with Gasteiger partial charge >= 0.3 is 0 Å². The normalized spacial score (nSPS) is 13.5. The van der Waals surface area contributed by atoms with E-state index in [9.17, 15) is 4.79 Å². The Bertz CT molecular complexity index is 667. The molecule has 5 heteroatoms. The number of ether oxygens (including phenoxy) is 1. The Morgan fingerprint density at radius 2 is 1.81 bits per heavy atom. The van der Waals surface area contributed by atoms with Crippen molar-refractivity contribution in [1.82, 2.24) is 0 Å². The van der Waals surface area contributed by atoms with Crippen LogP contribution in [0.15, 0.2) is 42.5 Å². The van der Waals surface area contributed by atoms with Gasteiger partial charge in [0, 0.05) is 10.0 Å². The van der Waals surface area contributed by atoms with Gasteiger partial charge in [0.1, 0.15) is 12.4 Å². The maximum atomic E-state index is 12.6. The van der Waals surface area contributed by atoms with Crippen LogP contribution in [0.4, 0.5) is 5.69 Å². The summed E-state index contributed by atoms with van der Waals surface area (Å²) in [6.45, 7) is 1.01. The van der Waals surface area contributed by atoms with E-state index in [0.717, 1.165) is 11.4 Å². The molecule has 0 N–H and O–H groups in total. The molecule has 2 aromatic rings. The predicted octanol–water partition coefficient (Wildman–Crippen LogP) is 3.96. The summed E-state index contributed by atoms with van der Waals surface area (Å²) < 4.78 is 5.56. The third-order valence-corrected chi connectivity index (χ3v) is 4.13. The van der Waals surface area contributed by atoms with E-state index in [1.54, 1.807) is 23.1 Å². The van der Waals surface area contributed by atoms with Gasteiger partial charge in [-0.1, -0.05) is 41.4 Å². The van der Waals surface area contributed by atoms with Gasteiger partial charge in [0.25, 0.3) is 0 Å². The van der Waals surface area contributed by atoms with Crippen molar-refractivity contribution in [2.24, 2.45) is 0 Å². The first-order valence-corrected chi connectivity index (χ1v) is 7.37. The number of nitrogens with zero attached hydrogens (tertiary/aromatic N) is 1. The summed E-state index contributed by atoms with van der Waals surface area (Å²) in [6, 6.07) is 12.8. The first-order valence-electron chi connectivity index (χ1n) is 6.62. The van der Waals surface area contributed by atoms with Gasteiger partial charge in [-0.25, -0.2) is 0 Å². The highest BCUT2D eigenvalue weighted by molar-refractivity contribution is 6.36. The summed E-state index contributed by atoms with van der Waals surface area (Å²) in [5.41, 5.74) is 1.45. The van der Waals surface area contributed by atoms with Crippen LogP contribution in [0.5, 0.6) is 5.75 Å². The highest BCUT2D eigenvalue weighted by Crippen LogP contribution is 2.32. The average Bonchev–Trinajstić information content (AvgIpc) is 2.50. The molecule has 3 rings (SSSR count). The van der Waals surface area contributed by atoms with E-state index >= 15 is 0 Å². The second-order valence-electron chi connectivity index (χ2n) is 4.74. The van der Waals surface area contributed by atoms with Crippen LogP contribution < -0.4 is 9.64 Å². The minimum absolute atomic E-state index is 0.0410. The van der Waals surface area contributed by atoms with Gasteiger partial charge in [0.15, 0.2) is 0 Å². The van der Waals surface area contributed by atoms with E-state index in [1.165, 1.54) is 0 Å². The van der Waals surface area contributed by atoms with Gasteiger partial charge in [0.2, 0.25) is 5.91 Å². The fraction of sp³-hybridized carbons (Fsp3) is 0.188. The van der Waals surface area contributed by atoms with Crippen molar-refractivity contribution in [3.63, 3.8) is 0 Å². The summed E-state index contributed by atoms with van der Waals surface area (Å²) in [4.78, 5) is 14.3. The number of carbonyl (C=O) groups excluding carboxylic acids is 1. The third kappa shape index (κ3) is 2.85. The molecule has 0 fully saturated rings. The highest BCUT2D eigenvalue weighted by atomic mass is 35.5. The van der Waals surface area contributed by atoms with Gasteiger partial charge in [-0.3, -0.25) is 4.79 Å². The maximum Gasteiger partial charge on any atom is 0.231 e. The molecule has 0 radical (unpaired) electrons. The number of anilines is 1. The molecular formula is C16H13Cl2NO2. The summed E-state index contributed by atoms with van der Waals surface area (Å²) >= 11 is 12.3. The molecule has 2 aromatic carbocycles. The molecule has 21 heavy (non-hydrogen) atoms. The molecular weight excluding hydrogens is 309 g/mol. The molecule has 1 aliphatic rings. The van der Waals surface area contributed by atoms with Gasteiger partial charge in [-0.15, -0.1) is 0 Å². The van der Waals surface area contributed by atoms with Crippen LogP contribution in [0.25, 0.3) is 0 Å². The Kier molecular flexibility index (Phi) is 4.04. The monoisotopic (exact) mass is 321 g/mol. The lowest BCUT2D eigenvalue weighted by Crippen LogP contribution is -2.38. The predicted molar refractivity (Wildman–Crippen MR) is 84.5 cm³/mol. The molecule has 0 saturated heterocycles. The zero-order chi connectivity index (χ0) is 14.8. The van der Waals surface area contributed by atoms with E-state index in [-0.39, 0.29) is 12.3 Å². The number of para-hydroxylation sites is 2. The third-order valence-electron chi connectivity index (χ3n) is 3.42. The molecule has 0 spiro atoms. The van der Waals surface area contributed by atoms with Crippen LogP contribution in [0, 0.1) is 0 Å². The fourth-order valence-electron chi connectivity index (χ4n) is 2.38. The van der Waals surface area contributed by atoms with Crippen molar-refractivity contribution in [3.8, 4) is 5.75 Å². The van der Waals surface area contributed by atoms with E-state index in [0.29, 0.717) is 28.8 Å². The van der Waals surface area contributed by atoms with Gasteiger partial charge < -0.3 is 9.64 Å². The second kappa shape index (κ2) is 5.96. The second-order valence-corrected chi connectivity index (χ2v) is 5.55. The van der Waals surface area contributed by atoms with E-state index in [4.69, 9.17) is 27.9 Å². The summed E-state index contributed by atoms with van der Waals surface area (Å²) in [7, 11) is 0. The van der Waals surface area contributed by atoms with E-state index in [1.807, 2.05) is 24.3 Å². The maximum absolute atomic E-state index is 12.6. The zero-order valence-corrected chi connectivity index (χ0v) is 12.7. The number of hydrogen-bond donors (Lipinski definition) is 0. The average molecular weight is 322 g/mol. The Morgan fingerprint density at radius 1 is 1.10 bits per heavy atom. The van der Waals surface area contributed by atoms with Crippen LogP contribution in [-0.2, 0) is 11.2 Å². The number of fused-ring (bicyclic) bond motifs is 1. The summed E-state index contributed by atoms with van der Waals surface area (Å²) in [5.74, 6) is 0.683. The number of benzene rings is 2. The van der Waals surface area contributed by atoms with Crippen molar-refractivity contribution in [3.05, 3.63) is 58.1 Å². The lowest BCUT2D eigenvalue weighted by molar-refractivity contribution is -0.118. The summed E-state index contributed by atoms with van der Waals surface area (Å²) in [6.07, 6.45) is 0.173. The first kappa shape index (κ1) is 14.2. The largest absolute Gasteiger partial charge is 0.490 e. The standard InChI is InChI=1S/C16H13Cl2NO2/c17-12-4-3-5-13(18)11(12)10-16(20)19-8-9-21-15-7-2-1-6-14(15)19/h1-7H,8-10H2. The molecule has 0 bridgehead atoms. The van der Waals surface area contributed by atoms with Gasteiger partial charge in [-0.05, 0) is 29.8 Å². The molecule has 1 amide bonds. The van der Waals surface area contributed by atoms with E-state index in [2.05, 4.69) is 0 Å². The van der Waals surface area contributed by atoms with Crippen LogP contribution >= 0.6 is 23.2 Å². The highest BCUT2D eigenvalue weighted by Gasteiger charge is 2.24. The molecule has 3 nitrogen and oxygen atoms in total. The number of hydrogen-bond acceptors (Lipinski definition) is 2. The first-order chi connectivity index (χ1) is 10.2. The molecule has 0 atom stereocenters. The number of rotatable bonds is 2. The number of carbonyl (C=O) groups is 1. The number of halogens is 2. The lowest BCUT2D eigenvalue weighted by atomic mass is 10.1. The Morgan fingerprint density at radius 3 is 2.57 bits per heavy atom. The minimum atomic E-state index is -0.0410. The van der Waals surface area contributed by atoms with E-state index < -0.39 is 0 Å². The Labute approximate surface area is 133 Å². The molecule has 0 saturated carbocycles. The van der Waals surface area contributed by atoms with Crippen LogP contribution in [-0.4, -0.2) is 19.1 Å². The number of amides is 1.